The summed E-state index contributed by atoms with van der Waals surface area (Å²) in [6, 6.07) is 13.4. The quantitative estimate of drug-likeness (QED) is 0.765. The van der Waals surface area contributed by atoms with E-state index in [4.69, 9.17) is 0 Å². The third kappa shape index (κ3) is 3.18. The van der Waals surface area contributed by atoms with Gasteiger partial charge >= 0.3 is 6.18 Å². The molecule has 0 fully saturated rings. The lowest BCUT2D eigenvalue weighted by Crippen LogP contribution is -2.41. The standard InChI is InChI=1S/C18H16F3N3.ClH/c19-18(20,21)14-8-6-13(7-9-14)12-24-16-5-2-1-4-15(16)23-11-3-10-22-17(23)24;/h1-2,4-9H,3,10-12H2;1H. The molecule has 0 unspecified atom stereocenters. The van der Waals surface area contributed by atoms with Crippen molar-refractivity contribution in [2.45, 2.75) is 19.1 Å². The Morgan fingerprint density at radius 1 is 0.960 bits per heavy atom. The van der Waals surface area contributed by atoms with Crippen molar-refractivity contribution in [2.75, 3.05) is 22.9 Å². The van der Waals surface area contributed by atoms with E-state index >= 15 is 0 Å². The largest absolute Gasteiger partial charge is 0.416 e. The number of fused-ring (bicyclic) bond motifs is 3. The van der Waals surface area contributed by atoms with Gasteiger partial charge in [0.15, 0.2) is 0 Å². The van der Waals surface area contributed by atoms with Gasteiger partial charge in [0.2, 0.25) is 5.96 Å². The fourth-order valence-electron chi connectivity index (χ4n) is 3.22. The van der Waals surface area contributed by atoms with Gasteiger partial charge in [0, 0.05) is 13.1 Å². The zero-order valence-corrected chi connectivity index (χ0v) is 14.1. The number of aliphatic imine (C=N–C) groups is 1. The summed E-state index contributed by atoms with van der Waals surface area (Å²) in [6.07, 6.45) is -3.30. The van der Waals surface area contributed by atoms with Gasteiger partial charge in [-0.3, -0.25) is 4.99 Å². The van der Waals surface area contributed by atoms with Gasteiger partial charge in [-0.25, -0.2) is 0 Å². The fourth-order valence-corrected chi connectivity index (χ4v) is 3.22. The first kappa shape index (κ1) is 17.6. The Balaban J connectivity index is 0.00000182. The van der Waals surface area contributed by atoms with E-state index in [0.717, 1.165) is 54.5 Å². The minimum Gasteiger partial charge on any atom is -0.310 e. The van der Waals surface area contributed by atoms with E-state index in [0.29, 0.717) is 6.54 Å². The number of nitrogens with zero attached hydrogens (tertiary/aromatic N) is 3. The van der Waals surface area contributed by atoms with Crippen molar-refractivity contribution < 1.29 is 13.2 Å². The Hall–Kier alpha value is -2.21. The molecule has 0 N–H and O–H groups in total. The van der Waals surface area contributed by atoms with Gasteiger partial charge in [-0.15, -0.1) is 12.4 Å². The molecule has 2 aliphatic rings. The minimum atomic E-state index is -4.30. The molecular formula is C18H17ClF3N3. The van der Waals surface area contributed by atoms with Crippen LogP contribution < -0.4 is 9.80 Å². The molecule has 4 rings (SSSR count). The molecule has 3 nitrogen and oxygen atoms in total. The molecule has 0 spiro atoms. The summed E-state index contributed by atoms with van der Waals surface area (Å²) in [4.78, 5) is 8.89. The Morgan fingerprint density at radius 3 is 2.32 bits per heavy atom. The van der Waals surface area contributed by atoms with Crippen molar-refractivity contribution in [3.63, 3.8) is 0 Å². The number of alkyl halides is 3. The van der Waals surface area contributed by atoms with E-state index in [1.807, 2.05) is 18.2 Å². The van der Waals surface area contributed by atoms with Crippen LogP contribution in [0.3, 0.4) is 0 Å². The highest BCUT2D eigenvalue weighted by Crippen LogP contribution is 2.39. The van der Waals surface area contributed by atoms with Gasteiger partial charge in [0.25, 0.3) is 0 Å². The van der Waals surface area contributed by atoms with Gasteiger partial charge in [-0.1, -0.05) is 24.3 Å². The van der Waals surface area contributed by atoms with Crippen LogP contribution in [0.1, 0.15) is 17.5 Å². The summed E-state index contributed by atoms with van der Waals surface area (Å²) in [6.45, 7) is 2.20. The van der Waals surface area contributed by atoms with Gasteiger partial charge in [0.05, 0.1) is 23.5 Å². The zero-order chi connectivity index (χ0) is 16.7. The molecular weight excluding hydrogens is 351 g/mol. The molecule has 0 saturated heterocycles. The molecule has 0 radical (unpaired) electrons. The first-order valence-electron chi connectivity index (χ1n) is 7.89. The first-order chi connectivity index (χ1) is 11.5. The van der Waals surface area contributed by atoms with Crippen molar-refractivity contribution in [1.82, 2.24) is 0 Å². The number of hydrogen-bond acceptors (Lipinski definition) is 3. The summed E-state index contributed by atoms with van der Waals surface area (Å²) in [5.74, 6) is 0.891. The third-order valence-electron chi connectivity index (χ3n) is 4.36. The summed E-state index contributed by atoms with van der Waals surface area (Å²) >= 11 is 0. The molecule has 2 aromatic carbocycles. The van der Waals surface area contributed by atoms with E-state index in [1.54, 1.807) is 0 Å². The summed E-state index contributed by atoms with van der Waals surface area (Å²) < 4.78 is 38.1. The van der Waals surface area contributed by atoms with Crippen molar-refractivity contribution in [1.29, 1.82) is 0 Å². The molecule has 0 aliphatic carbocycles. The highest BCUT2D eigenvalue weighted by atomic mass is 35.5. The van der Waals surface area contributed by atoms with Gasteiger partial charge in [0.1, 0.15) is 0 Å². The maximum Gasteiger partial charge on any atom is 0.416 e. The zero-order valence-electron chi connectivity index (χ0n) is 13.3. The van der Waals surface area contributed by atoms with Crippen LogP contribution in [0.4, 0.5) is 24.5 Å². The number of para-hydroxylation sites is 2. The monoisotopic (exact) mass is 367 g/mol. The average Bonchev–Trinajstić information content (AvgIpc) is 2.89. The van der Waals surface area contributed by atoms with E-state index in [-0.39, 0.29) is 12.4 Å². The van der Waals surface area contributed by atoms with Crippen LogP contribution in [0, 0.1) is 0 Å². The van der Waals surface area contributed by atoms with E-state index in [1.165, 1.54) is 12.1 Å². The predicted molar refractivity (Wildman–Crippen MR) is 95.6 cm³/mol. The molecule has 0 bridgehead atoms. The molecule has 25 heavy (non-hydrogen) atoms. The molecule has 0 aromatic heterocycles. The predicted octanol–water partition coefficient (Wildman–Crippen LogP) is 4.71. The number of benzene rings is 2. The maximum absolute atomic E-state index is 12.7. The van der Waals surface area contributed by atoms with Gasteiger partial charge in [-0.05, 0) is 36.2 Å². The van der Waals surface area contributed by atoms with Crippen LogP contribution in [0.2, 0.25) is 0 Å². The molecule has 2 aromatic rings. The minimum absolute atomic E-state index is 0. The SMILES string of the molecule is Cl.FC(F)(F)c1ccc(CN2C3=NCCCN3c3ccccc32)cc1. The molecule has 0 saturated carbocycles. The smallest absolute Gasteiger partial charge is 0.310 e. The summed E-state index contributed by atoms with van der Waals surface area (Å²) in [5, 5.41) is 0. The van der Waals surface area contributed by atoms with Crippen molar-refractivity contribution >= 4 is 29.7 Å². The normalized spacial score (nSPS) is 16.0. The highest BCUT2D eigenvalue weighted by molar-refractivity contribution is 6.16. The van der Waals surface area contributed by atoms with Crippen molar-refractivity contribution in [3.8, 4) is 0 Å². The van der Waals surface area contributed by atoms with Crippen LogP contribution >= 0.6 is 12.4 Å². The van der Waals surface area contributed by atoms with E-state index < -0.39 is 11.7 Å². The summed E-state index contributed by atoms with van der Waals surface area (Å²) in [7, 11) is 0. The number of rotatable bonds is 2. The maximum atomic E-state index is 12.7. The second-order valence-electron chi connectivity index (χ2n) is 5.96. The first-order valence-corrected chi connectivity index (χ1v) is 7.89. The Bertz CT molecular complexity index is 787. The van der Waals surface area contributed by atoms with Crippen molar-refractivity contribution in [3.05, 3.63) is 59.7 Å². The molecule has 2 aliphatic heterocycles. The van der Waals surface area contributed by atoms with Crippen LogP contribution in [0.25, 0.3) is 0 Å². The van der Waals surface area contributed by atoms with Crippen LogP contribution in [-0.4, -0.2) is 19.0 Å². The van der Waals surface area contributed by atoms with Crippen LogP contribution in [0.5, 0.6) is 0 Å². The van der Waals surface area contributed by atoms with E-state index in [9.17, 15) is 13.2 Å². The highest BCUT2D eigenvalue weighted by Gasteiger charge is 2.34. The van der Waals surface area contributed by atoms with Gasteiger partial charge < -0.3 is 9.80 Å². The molecule has 0 atom stereocenters. The van der Waals surface area contributed by atoms with Crippen LogP contribution in [0.15, 0.2) is 53.5 Å². The van der Waals surface area contributed by atoms with Crippen molar-refractivity contribution in [2.24, 2.45) is 4.99 Å². The topological polar surface area (TPSA) is 18.8 Å². The molecule has 0 amide bonds. The second-order valence-corrected chi connectivity index (χ2v) is 5.96. The van der Waals surface area contributed by atoms with Gasteiger partial charge in [-0.2, -0.15) is 13.2 Å². The average molecular weight is 368 g/mol. The van der Waals surface area contributed by atoms with E-state index in [2.05, 4.69) is 20.9 Å². The number of halogens is 4. The fraction of sp³-hybridized carbons (Fsp3) is 0.278. The lowest BCUT2D eigenvalue weighted by Gasteiger charge is -2.27. The number of hydrogen-bond donors (Lipinski definition) is 0. The lowest BCUT2D eigenvalue weighted by molar-refractivity contribution is -0.137. The molecule has 132 valence electrons. The van der Waals surface area contributed by atoms with Crippen LogP contribution in [-0.2, 0) is 12.7 Å². The second kappa shape index (κ2) is 6.59. The Labute approximate surface area is 150 Å². The summed E-state index contributed by atoms with van der Waals surface area (Å²) in [5.41, 5.74) is 2.37. The Morgan fingerprint density at radius 2 is 1.64 bits per heavy atom. The number of anilines is 2. The Kier molecular flexibility index (Phi) is 4.64. The molecule has 7 heteroatoms. The lowest BCUT2D eigenvalue weighted by atomic mass is 10.1. The number of guanidine groups is 1. The third-order valence-corrected chi connectivity index (χ3v) is 4.36. The molecule has 2 heterocycles.